The van der Waals surface area contributed by atoms with E-state index in [2.05, 4.69) is 29.9 Å². The molecule has 12 nitrogen and oxygen atoms in total. The number of hydrogen-bond acceptors (Lipinski definition) is 10. The number of rotatable bonds is 0. The van der Waals surface area contributed by atoms with E-state index in [0.717, 1.165) is 43.8 Å². The molecule has 0 saturated heterocycles. The molecule has 0 saturated carbocycles. The lowest BCUT2D eigenvalue weighted by Crippen LogP contribution is -1.84. The monoisotopic (exact) mass is 518 g/mol. The third-order valence-electron chi connectivity index (χ3n) is 7.04. The van der Waals surface area contributed by atoms with Crippen molar-refractivity contribution in [2.75, 3.05) is 0 Å². The molecule has 0 unspecified atom stereocenters. The van der Waals surface area contributed by atoms with Crippen molar-refractivity contribution in [3.05, 3.63) is 73.8 Å². The summed E-state index contributed by atoms with van der Waals surface area (Å²) in [5.74, 6) is 1.99. The lowest BCUT2D eigenvalue weighted by Gasteiger charge is -1.95. The maximum absolute atomic E-state index is 4.94. The van der Waals surface area contributed by atoms with Crippen LogP contribution in [0.2, 0.25) is 0 Å². The van der Waals surface area contributed by atoms with Crippen LogP contribution in [-0.4, -0.2) is 59.8 Å². The van der Waals surface area contributed by atoms with Crippen LogP contribution in [-0.2, 0) is 0 Å². The summed E-state index contributed by atoms with van der Waals surface area (Å²) < 4.78 is 0. The number of hydrogen-bond donors (Lipinski definition) is 2. The van der Waals surface area contributed by atoms with E-state index in [4.69, 9.17) is 29.9 Å². The van der Waals surface area contributed by atoms with Gasteiger partial charge in [-0.05, 0) is 24.3 Å². The van der Waals surface area contributed by atoms with Crippen LogP contribution in [0, 0.1) is 0 Å². The summed E-state index contributed by atoms with van der Waals surface area (Å²) in [6.07, 6.45) is 13.9. The Hall–Kier alpha value is -6.04. The molecule has 0 fully saturated rings. The van der Waals surface area contributed by atoms with E-state index in [1.807, 2.05) is 24.3 Å². The van der Waals surface area contributed by atoms with Crippen molar-refractivity contribution in [3.63, 3.8) is 0 Å². The van der Waals surface area contributed by atoms with Crippen LogP contribution in [0.3, 0.4) is 0 Å². The van der Waals surface area contributed by atoms with Crippen molar-refractivity contribution in [1.82, 2.24) is 59.8 Å². The molecule has 9 rings (SSSR count). The summed E-state index contributed by atoms with van der Waals surface area (Å²) >= 11 is 0. The number of nitrogens with one attached hydrogen (secondary N) is 2. The van der Waals surface area contributed by atoms with Crippen molar-refractivity contribution in [2.24, 2.45) is 0 Å². The normalized spacial score (nSPS) is 12.0. The van der Waals surface area contributed by atoms with Crippen molar-refractivity contribution in [3.8, 4) is 45.6 Å². The minimum absolute atomic E-state index is 0.481. The van der Waals surface area contributed by atoms with Crippen molar-refractivity contribution in [2.45, 2.75) is 0 Å². The van der Waals surface area contributed by atoms with E-state index >= 15 is 0 Å². The van der Waals surface area contributed by atoms with Crippen molar-refractivity contribution in [1.29, 1.82) is 0 Å². The SMILES string of the molecule is c1cc2c(cn1)-c1nc-2nc2[nH]c(nc3nc(nc4[nH]c(n1)c1ccncc41)-c1cnccc1-3)c1cnccc21. The average Bonchev–Trinajstić information content (AvgIpc) is 3.73. The lowest BCUT2D eigenvalue weighted by molar-refractivity contribution is 1.19. The van der Waals surface area contributed by atoms with Crippen molar-refractivity contribution < 1.29 is 0 Å². The fourth-order valence-electron chi connectivity index (χ4n) is 5.17. The number of H-pyrrole nitrogens is 2. The van der Waals surface area contributed by atoms with E-state index in [-0.39, 0.29) is 0 Å². The zero-order valence-corrected chi connectivity index (χ0v) is 20.4. The highest BCUT2D eigenvalue weighted by Crippen LogP contribution is 2.35. The molecule has 12 heteroatoms. The van der Waals surface area contributed by atoms with Gasteiger partial charge >= 0.3 is 0 Å². The fraction of sp³-hybridized carbons (Fsp3) is 0. The molecule has 7 aromatic rings. The highest BCUT2D eigenvalue weighted by atomic mass is 15.1. The molecule has 0 aromatic carbocycles. The Kier molecular flexibility index (Phi) is 4.05. The Labute approximate surface area is 223 Å². The summed E-state index contributed by atoms with van der Waals surface area (Å²) in [4.78, 5) is 53.4. The highest BCUT2D eigenvalue weighted by molar-refractivity contribution is 6.05. The predicted octanol–water partition coefficient (Wildman–Crippen LogP) is 4.45. The Bertz CT molecular complexity index is 2030. The largest absolute Gasteiger partial charge is 0.324 e. The van der Waals surface area contributed by atoms with Gasteiger partial charge in [0.2, 0.25) is 0 Å². The third-order valence-corrected chi connectivity index (χ3v) is 7.04. The molecule has 0 atom stereocenters. The summed E-state index contributed by atoms with van der Waals surface area (Å²) in [7, 11) is 0. The molecule has 2 N–H and O–H groups in total. The number of nitrogens with zero attached hydrogens (tertiary/aromatic N) is 10. The number of aromatic amines is 2. The third kappa shape index (κ3) is 2.95. The standard InChI is InChI=1S/C28H14N12/c1-5-29-9-17-13(1)21-33-22-14-2-6-30-10-18(14)26(35-22)37-24-16-4-8-32-12-20(16)28(39-24)40-27-19-11-31-7-3-15(19)23(38-27)36-25(17)34-21/h1-12H,(H2,33,34,35,36,37,38,39,40). The lowest BCUT2D eigenvalue weighted by atomic mass is 10.1. The first kappa shape index (κ1) is 21.0. The van der Waals surface area contributed by atoms with Gasteiger partial charge in [-0.25, -0.2) is 29.9 Å². The summed E-state index contributed by atoms with van der Waals surface area (Å²) in [6.45, 7) is 0. The molecule has 7 aromatic heterocycles. The van der Waals surface area contributed by atoms with Crippen LogP contribution in [0.25, 0.3) is 89.7 Å². The average molecular weight is 519 g/mol. The zero-order chi connectivity index (χ0) is 26.2. The number of pyridine rings is 4. The van der Waals surface area contributed by atoms with Crippen LogP contribution >= 0.6 is 0 Å². The molecule has 9 heterocycles. The van der Waals surface area contributed by atoms with E-state index in [0.29, 0.717) is 45.9 Å². The van der Waals surface area contributed by atoms with Crippen molar-refractivity contribution >= 4 is 44.1 Å². The Balaban J connectivity index is 1.51. The maximum Gasteiger partial charge on any atom is 0.166 e. The minimum Gasteiger partial charge on any atom is -0.324 e. The van der Waals surface area contributed by atoms with Crippen LogP contribution < -0.4 is 0 Å². The van der Waals surface area contributed by atoms with Gasteiger partial charge < -0.3 is 9.97 Å². The van der Waals surface area contributed by atoms with Gasteiger partial charge in [-0.1, -0.05) is 0 Å². The summed E-state index contributed by atoms with van der Waals surface area (Å²) in [5, 5.41) is 3.31. The van der Waals surface area contributed by atoms with Gasteiger partial charge in [0.15, 0.2) is 23.3 Å². The summed E-state index contributed by atoms with van der Waals surface area (Å²) in [5.41, 5.74) is 5.55. The Morgan fingerprint density at radius 2 is 0.725 bits per heavy atom. The molecule has 40 heavy (non-hydrogen) atoms. The molecule has 0 spiro atoms. The first-order chi connectivity index (χ1) is 19.8. The highest BCUT2D eigenvalue weighted by Gasteiger charge is 2.22. The molecular formula is C28H14N12. The Morgan fingerprint density at radius 1 is 0.350 bits per heavy atom. The number of aromatic nitrogens is 12. The van der Waals surface area contributed by atoms with Gasteiger partial charge in [-0.15, -0.1) is 0 Å². The molecule has 0 aliphatic carbocycles. The topological polar surface area (TPSA) is 160 Å². The van der Waals surface area contributed by atoms with E-state index in [1.165, 1.54) is 0 Å². The Morgan fingerprint density at radius 3 is 1.20 bits per heavy atom. The molecule has 8 bridgehead atoms. The van der Waals surface area contributed by atoms with Crippen LogP contribution in [0.5, 0.6) is 0 Å². The molecular weight excluding hydrogens is 504 g/mol. The number of fused-ring (bicyclic) bond motifs is 20. The van der Waals surface area contributed by atoms with Gasteiger partial charge in [0, 0.05) is 93.4 Å². The molecule has 0 radical (unpaired) electrons. The second kappa shape index (κ2) is 7.74. The molecule has 2 aliphatic rings. The van der Waals surface area contributed by atoms with Gasteiger partial charge in [-0.3, -0.25) is 19.9 Å². The molecule has 2 aliphatic heterocycles. The second-order valence-electron chi connectivity index (χ2n) is 9.29. The predicted molar refractivity (Wildman–Crippen MR) is 147 cm³/mol. The molecule has 0 amide bonds. The minimum atomic E-state index is 0.481. The van der Waals surface area contributed by atoms with E-state index in [9.17, 15) is 0 Å². The van der Waals surface area contributed by atoms with Gasteiger partial charge in [-0.2, -0.15) is 0 Å². The fourth-order valence-corrected chi connectivity index (χ4v) is 5.17. The smallest absolute Gasteiger partial charge is 0.166 e. The van der Waals surface area contributed by atoms with E-state index < -0.39 is 0 Å². The van der Waals surface area contributed by atoms with Crippen LogP contribution in [0.15, 0.2) is 73.8 Å². The van der Waals surface area contributed by atoms with E-state index in [1.54, 1.807) is 49.6 Å². The quantitative estimate of drug-likeness (QED) is 0.293. The first-order valence-electron chi connectivity index (χ1n) is 12.4. The van der Waals surface area contributed by atoms with Gasteiger partial charge in [0.1, 0.15) is 22.6 Å². The van der Waals surface area contributed by atoms with Gasteiger partial charge in [0.25, 0.3) is 0 Å². The molecule has 186 valence electrons. The first-order valence-corrected chi connectivity index (χ1v) is 12.4. The van der Waals surface area contributed by atoms with Crippen LogP contribution in [0.1, 0.15) is 0 Å². The van der Waals surface area contributed by atoms with Gasteiger partial charge in [0.05, 0.1) is 0 Å². The maximum atomic E-state index is 4.94. The van der Waals surface area contributed by atoms with Crippen LogP contribution in [0.4, 0.5) is 0 Å². The second-order valence-corrected chi connectivity index (χ2v) is 9.29. The zero-order valence-electron chi connectivity index (χ0n) is 20.4. The summed E-state index contributed by atoms with van der Waals surface area (Å²) in [6, 6.07) is 7.57.